The van der Waals surface area contributed by atoms with Gasteiger partial charge >= 0.3 is 12.0 Å². The van der Waals surface area contributed by atoms with Crippen molar-refractivity contribution in [1.29, 1.82) is 0 Å². The molecular formula is C13H9Cl2O4P. The Bertz CT molecular complexity index is 654. The molecule has 104 valence electrons. The lowest BCUT2D eigenvalue weighted by Gasteiger charge is -2.10. The molecule has 0 bridgehead atoms. The van der Waals surface area contributed by atoms with Crippen LogP contribution >= 0.6 is 28.6 Å². The Morgan fingerprint density at radius 2 is 1.55 bits per heavy atom. The predicted octanol–water partition coefficient (Wildman–Crippen LogP) is 4.87. The predicted molar refractivity (Wildman–Crippen MR) is 77.8 cm³/mol. The average Bonchev–Trinajstić information content (AvgIpc) is 2.38. The van der Waals surface area contributed by atoms with Gasteiger partial charge in [-0.3, -0.25) is 0 Å². The molecule has 0 aromatic heterocycles. The number of rotatable bonds is 4. The van der Waals surface area contributed by atoms with E-state index in [0.29, 0.717) is 5.75 Å². The smallest absolute Gasteiger partial charge is 0.423 e. The van der Waals surface area contributed by atoms with Crippen LogP contribution in [0.1, 0.15) is 10.4 Å². The van der Waals surface area contributed by atoms with E-state index in [9.17, 15) is 9.36 Å². The van der Waals surface area contributed by atoms with E-state index in [4.69, 9.17) is 31.7 Å². The molecular weight excluding hydrogens is 322 g/mol. The molecule has 0 amide bonds. The number of benzene rings is 2. The minimum atomic E-state index is -3.80. The Labute approximate surface area is 125 Å². The minimum Gasteiger partial charge on any atom is -0.423 e. The van der Waals surface area contributed by atoms with Crippen molar-refractivity contribution < 1.29 is 18.6 Å². The van der Waals surface area contributed by atoms with Crippen LogP contribution in [-0.2, 0) is 4.57 Å². The van der Waals surface area contributed by atoms with Gasteiger partial charge in [-0.2, -0.15) is 0 Å². The number of para-hydroxylation sites is 2. The van der Waals surface area contributed by atoms with Gasteiger partial charge in [0.25, 0.3) is 0 Å². The maximum atomic E-state index is 12.0. The Morgan fingerprint density at radius 1 is 0.950 bits per heavy atom. The fraction of sp³-hybridized carbons (Fsp3) is 0. The number of carbonyl (C=O) groups is 1. The van der Waals surface area contributed by atoms with E-state index in [2.05, 4.69) is 0 Å². The maximum Gasteiger partial charge on any atom is 0.428 e. The number of hydrogen-bond donors (Lipinski definition) is 0. The molecule has 0 spiro atoms. The van der Waals surface area contributed by atoms with Crippen LogP contribution in [-0.4, -0.2) is 5.97 Å². The van der Waals surface area contributed by atoms with E-state index in [1.165, 1.54) is 12.1 Å². The molecule has 0 atom stereocenters. The van der Waals surface area contributed by atoms with Crippen molar-refractivity contribution >= 4 is 34.5 Å². The van der Waals surface area contributed by atoms with Crippen LogP contribution in [0.15, 0.2) is 54.6 Å². The lowest BCUT2D eigenvalue weighted by Crippen LogP contribution is -2.09. The molecule has 0 fully saturated rings. The Balaban J connectivity index is 2.24. The van der Waals surface area contributed by atoms with Gasteiger partial charge in [0, 0.05) is 22.5 Å². The average molecular weight is 331 g/mol. The first-order valence-electron chi connectivity index (χ1n) is 5.51. The molecule has 2 rings (SSSR count). The van der Waals surface area contributed by atoms with Gasteiger partial charge in [-0.1, -0.05) is 30.3 Å². The highest BCUT2D eigenvalue weighted by atomic mass is 35.9. The van der Waals surface area contributed by atoms with Crippen molar-refractivity contribution in [2.75, 3.05) is 0 Å². The van der Waals surface area contributed by atoms with Gasteiger partial charge in [0.15, 0.2) is 0 Å². The molecule has 0 aliphatic heterocycles. The largest absolute Gasteiger partial charge is 0.428 e. The highest BCUT2D eigenvalue weighted by Crippen LogP contribution is 2.57. The van der Waals surface area contributed by atoms with E-state index >= 15 is 0 Å². The van der Waals surface area contributed by atoms with Crippen LogP contribution in [0.4, 0.5) is 0 Å². The first-order valence-corrected chi connectivity index (χ1v) is 8.94. The number of hydrogen-bond acceptors (Lipinski definition) is 4. The Morgan fingerprint density at radius 3 is 2.20 bits per heavy atom. The Hall–Kier alpha value is -1.48. The molecule has 0 radical (unpaired) electrons. The van der Waals surface area contributed by atoms with E-state index in [1.807, 2.05) is 0 Å². The third kappa shape index (κ3) is 4.27. The zero-order valence-electron chi connectivity index (χ0n) is 10.0. The normalized spacial score (nSPS) is 10.9. The lowest BCUT2D eigenvalue weighted by molar-refractivity contribution is 0.0733. The van der Waals surface area contributed by atoms with Crippen LogP contribution in [0.2, 0.25) is 0 Å². The number of ether oxygens (including phenoxy) is 1. The second-order valence-corrected chi connectivity index (χ2v) is 7.91. The van der Waals surface area contributed by atoms with E-state index in [-0.39, 0.29) is 11.3 Å². The van der Waals surface area contributed by atoms with Crippen molar-refractivity contribution in [2.24, 2.45) is 0 Å². The number of carbonyl (C=O) groups excluding carboxylic acids is 1. The molecule has 2 aromatic rings. The third-order valence-corrected chi connectivity index (χ3v) is 3.09. The maximum absolute atomic E-state index is 12.0. The van der Waals surface area contributed by atoms with Crippen LogP contribution in [0.25, 0.3) is 0 Å². The van der Waals surface area contributed by atoms with Crippen molar-refractivity contribution in [3.8, 4) is 11.5 Å². The van der Waals surface area contributed by atoms with Crippen LogP contribution < -0.4 is 9.26 Å². The molecule has 0 aliphatic rings. The highest BCUT2D eigenvalue weighted by Gasteiger charge is 2.22. The van der Waals surface area contributed by atoms with Gasteiger partial charge < -0.3 is 9.26 Å². The summed E-state index contributed by atoms with van der Waals surface area (Å²) in [6, 6.07) is 14.6. The van der Waals surface area contributed by atoms with Gasteiger partial charge in [-0.25, -0.2) is 9.36 Å². The molecule has 0 unspecified atom stereocenters. The summed E-state index contributed by atoms with van der Waals surface area (Å²) >= 11 is 10.7. The zero-order valence-corrected chi connectivity index (χ0v) is 12.4. The number of halogens is 2. The fourth-order valence-electron chi connectivity index (χ4n) is 1.48. The van der Waals surface area contributed by atoms with Crippen molar-refractivity contribution in [3.05, 3.63) is 60.2 Å². The van der Waals surface area contributed by atoms with Crippen molar-refractivity contribution in [3.63, 3.8) is 0 Å². The second kappa shape index (κ2) is 6.31. The van der Waals surface area contributed by atoms with Gasteiger partial charge in [-0.15, -0.1) is 0 Å². The van der Waals surface area contributed by atoms with Gasteiger partial charge in [0.1, 0.15) is 17.1 Å². The molecule has 0 heterocycles. The SMILES string of the molecule is O=C(Oc1ccccc1)c1ccccc1OP(=O)(Cl)Cl. The summed E-state index contributed by atoms with van der Waals surface area (Å²) in [5.74, 6) is -0.275. The fourth-order valence-corrected chi connectivity index (χ4v) is 2.31. The lowest BCUT2D eigenvalue weighted by atomic mass is 10.2. The number of esters is 1. The van der Waals surface area contributed by atoms with Gasteiger partial charge in [-0.05, 0) is 24.3 Å². The summed E-state index contributed by atoms with van der Waals surface area (Å²) in [4.78, 5) is 12.0. The quantitative estimate of drug-likeness (QED) is 0.456. The van der Waals surface area contributed by atoms with Crippen LogP contribution in [0.3, 0.4) is 0 Å². The van der Waals surface area contributed by atoms with E-state index < -0.39 is 12.0 Å². The molecule has 0 aliphatic carbocycles. The molecule has 20 heavy (non-hydrogen) atoms. The molecule has 0 saturated heterocycles. The summed E-state index contributed by atoms with van der Waals surface area (Å²) in [6.07, 6.45) is -3.80. The topological polar surface area (TPSA) is 52.6 Å². The molecule has 2 aromatic carbocycles. The summed E-state index contributed by atoms with van der Waals surface area (Å²) < 4.78 is 21.3. The van der Waals surface area contributed by atoms with E-state index in [0.717, 1.165) is 0 Å². The summed E-state index contributed by atoms with van der Waals surface area (Å²) in [5.41, 5.74) is 0.0814. The van der Waals surface area contributed by atoms with Gasteiger partial charge in [0.2, 0.25) is 0 Å². The summed E-state index contributed by atoms with van der Waals surface area (Å²) in [5, 5.41) is 0. The van der Waals surface area contributed by atoms with Crippen LogP contribution in [0, 0.1) is 0 Å². The monoisotopic (exact) mass is 330 g/mol. The summed E-state index contributed by atoms with van der Waals surface area (Å²) in [6.45, 7) is 0. The van der Waals surface area contributed by atoms with Crippen molar-refractivity contribution in [2.45, 2.75) is 0 Å². The molecule has 0 saturated carbocycles. The molecule has 4 nitrogen and oxygen atoms in total. The first-order chi connectivity index (χ1) is 9.46. The molecule has 7 heteroatoms. The summed E-state index contributed by atoms with van der Waals surface area (Å²) in [7, 11) is 0. The Kier molecular flexibility index (Phi) is 4.71. The van der Waals surface area contributed by atoms with E-state index in [1.54, 1.807) is 42.5 Å². The van der Waals surface area contributed by atoms with Gasteiger partial charge in [0.05, 0.1) is 0 Å². The molecule has 0 N–H and O–H groups in total. The highest BCUT2D eigenvalue weighted by molar-refractivity contribution is 8.05. The first kappa shape index (κ1) is 14.9. The minimum absolute atomic E-state index is 0.00163. The van der Waals surface area contributed by atoms with Crippen LogP contribution in [0.5, 0.6) is 11.5 Å². The van der Waals surface area contributed by atoms with Crippen molar-refractivity contribution in [1.82, 2.24) is 0 Å². The standard InChI is InChI=1S/C13H9Cl2O4P/c14-20(15,17)19-12-9-5-4-8-11(12)13(16)18-10-6-2-1-3-7-10/h1-9H. The second-order valence-electron chi connectivity index (χ2n) is 3.70. The third-order valence-electron chi connectivity index (χ3n) is 2.27. The zero-order chi connectivity index (χ0) is 14.6.